The largest absolute Gasteiger partial charge is 0.325 e. The van der Waals surface area contributed by atoms with Gasteiger partial charge in [0.2, 0.25) is 5.91 Å². The fraction of sp³-hybridized carbons (Fsp3) is 0.200. The highest BCUT2D eigenvalue weighted by molar-refractivity contribution is 5.93. The van der Waals surface area contributed by atoms with Gasteiger partial charge in [-0.2, -0.15) is 5.26 Å². The van der Waals surface area contributed by atoms with Crippen molar-refractivity contribution in [3.63, 3.8) is 0 Å². The molecule has 3 nitrogen and oxygen atoms in total. The first-order chi connectivity index (χ1) is 7.45. The second kappa shape index (κ2) is 4.66. The molecular formula is C10H7F3N2O. The molecule has 1 amide bonds. The molecule has 1 unspecified atom stereocenters. The molecule has 16 heavy (non-hydrogen) atoms. The van der Waals surface area contributed by atoms with E-state index in [-0.39, 0.29) is 5.69 Å². The van der Waals surface area contributed by atoms with E-state index in [9.17, 15) is 18.0 Å². The van der Waals surface area contributed by atoms with Crippen molar-refractivity contribution in [3.05, 3.63) is 29.6 Å². The van der Waals surface area contributed by atoms with Gasteiger partial charge in [0.15, 0.2) is 17.5 Å². The van der Waals surface area contributed by atoms with Crippen LogP contribution in [-0.4, -0.2) is 5.91 Å². The lowest BCUT2D eigenvalue weighted by atomic mass is 10.2. The molecule has 0 spiro atoms. The molecule has 0 aromatic heterocycles. The molecule has 0 aliphatic heterocycles. The van der Waals surface area contributed by atoms with Crippen LogP contribution in [0.1, 0.15) is 6.92 Å². The highest BCUT2D eigenvalue weighted by atomic mass is 19.2. The fourth-order valence-corrected chi connectivity index (χ4v) is 0.937. The summed E-state index contributed by atoms with van der Waals surface area (Å²) in [7, 11) is 0. The minimum atomic E-state index is -1.61. The van der Waals surface area contributed by atoms with Gasteiger partial charge in [0.1, 0.15) is 5.92 Å². The average Bonchev–Trinajstić information content (AvgIpc) is 2.24. The van der Waals surface area contributed by atoms with E-state index in [0.29, 0.717) is 12.1 Å². The van der Waals surface area contributed by atoms with Gasteiger partial charge in [0.25, 0.3) is 0 Å². The second-order valence-corrected chi connectivity index (χ2v) is 3.09. The number of hydrogen-bond donors (Lipinski definition) is 1. The van der Waals surface area contributed by atoms with Crippen LogP contribution in [0, 0.1) is 34.7 Å². The first-order valence-electron chi connectivity index (χ1n) is 4.30. The van der Waals surface area contributed by atoms with E-state index in [1.165, 1.54) is 6.92 Å². The number of hydrogen-bond acceptors (Lipinski definition) is 2. The Kier molecular flexibility index (Phi) is 3.51. The molecule has 0 saturated carbocycles. The predicted octanol–water partition coefficient (Wildman–Crippen LogP) is 2.20. The van der Waals surface area contributed by atoms with Crippen molar-refractivity contribution in [2.45, 2.75) is 6.92 Å². The molecule has 0 radical (unpaired) electrons. The van der Waals surface area contributed by atoms with E-state index >= 15 is 0 Å². The lowest BCUT2D eigenvalue weighted by molar-refractivity contribution is -0.117. The van der Waals surface area contributed by atoms with E-state index in [0.717, 1.165) is 0 Å². The maximum atomic E-state index is 12.7. The lowest BCUT2D eigenvalue weighted by Gasteiger charge is -2.06. The molecule has 0 bridgehead atoms. The molecule has 0 aliphatic rings. The van der Waals surface area contributed by atoms with Gasteiger partial charge < -0.3 is 5.32 Å². The molecule has 1 aromatic rings. The predicted molar refractivity (Wildman–Crippen MR) is 49.7 cm³/mol. The van der Waals surface area contributed by atoms with Crippen LogP contribution in [0.3, 0.4) is 0 Å². The number of carbonyl (C=O) groups is 1. The first-order valence-corrected chi connectivity index (χ1v) is 4.30. The molecule has 1 aromatic carbocycles. The van der Waals surface area contributed by atoms with Gasteiger partial charge in [-0.25, -0.2) is 13.2 Å². The topological polar surface area (TPSA) is 52.9 Å². The van der Waals surface area contributed by atoms with E-state index in [1.54, 1.807) is 6.07 Å². The van der Waals surface area contributed by atoms with Crippen LogP contribution in [0.2, 0.25) is 0 Å². The fourth-order valence-electron chi connectivity index (χ4n) is 0.937. The lowest BCUT2D eigenvalue weighted by Crippen LogP contribution is -2.19. The van der Waals surface area contributed by atoms with Crippen molar-refractivity contribution in [1.82, 2.24) is 0 Å². The van der Waals surface area contributed by atoms with Crippen LogP contribution in [0.5, 0.6) is 0 Å². The molecule has 0 aliphatic carbocycles. The van der Waals surface area contributed by atoms with E-state index in [2.05, 4.69) is 5.32 Å². The summed E-state index contributed by atoms with van der Waals surface area (Å²) < 4.78 is 38.0. The summed E-state index contributed by atoms with van der Waals surface area (Å²) in [6, 6.07) is 2.93. The third-order valence-electron chi connectivity index (χ3n) is 1.84. The van der Waals surface area contributed by atoms with Crippen LogP contribution in [0.25, 0.3) is 0 Å². The summed E-state index contributed by atoms with van der Waals surface area (Å²) in [4.78, 5) is 11.2. The Balaban J connectivity index is 2.92. The summed E-state index contributed by atoms with van der Waals surface area (Å²) in [5.41, 5.74) is -0.233. The molecule has 6 heteroatoms. The van der Waals surface area contributed by atoms with E-state index in [4.69, 9.17) is 5.26 Å². The molecule has 0 fully saturated rings. The summed E-state index contributed by atoms with van der Waals surface area (Å²) in [5.74, 6) is -6.09. The van der Waals surface area contributed by atoms with Crippen molar-refractivity contribution < 1.29 is 18.0 Å². The van der Waals surface area contributed by atoms with Crippen LogP contribution in [-0.2, 0) is 4.79 Å². The molecule has 0 saturated heterocycles. The van der Waals surface area contributed by atoms with Gasteiger partial charge in [-0.05, 0) is 6.92 Å². The quantitative estimate of drug-likeness (QED) is 0.789. The van der Waals surface area contributed by atoms with Crippen molar-refractivity contribution in [1.29, 1.82) is 5.26 Å². The highest BCUT2D eigenvalue weighted by Gasteiger charge is 2.15. The van der Waals surface area contributed by atoms with Crippen LogP contribution < -0.4 is 5.32 Å². The van der Waals surface area contributed by atoms with Crippen LogP contribution in [0.4, 0.5) is 18.9 Å². The standard InChI is InChI=1S/C10H7F3N2O/c1-5(4-14)10(16)15-6-2-7(11)9(13)8(12)3-6/h2-3,5H,1H3,(H,15,16). The molecular weight excluding hydrogens is 221 g/mol. The van der Waals surface area contributed by atoms with Gasteiger partial charge in [0.05, 0.1) is 6.07 Å². The Morgan fingerprint density at radius 3 is 2.31 bits per heavy atom. The van der Waals surface area contributed by atoms with Gasteiger partial charge in [-0.15, -0.1) is 0 Å². The minimum Gasteiger partial charge on any atom is -0.325 e. The summed E-state index contributed by atoms with van der Waals surface area (Å²) >= 11 is 0. The van der Waals surface area contributed by atoms with Crippen LogP contribution in [0.15, 0.2) is 12.1 Å². The summed E-state index contributed by atoms with van der Waals surface area (Å²) in [6.07, 6.45) is 0. The number of nitriles is 1. The number of nitrogens with one attached hydrogen (secondary N) is 1. The Labute approximate surface area is 89.5 Å². The smallest absolute Gasteiger partial charge is 0.241 e. The zero-order valence-corrected chi connectivity index (χ0v) is 8.22. The van der Waals surface area contributed by atoms with Gasteiger partial charge in [-0.1, -0.05) is 0 Å². The van der Waals surface area contributed by atoms with Gasteiger partial charge in [-0.3, -0.25) is 4.79 Å². The zero-order valence-electron chi connectivity index (χ0n) is 8.22. The monoisotopic (exact) mass is 228 g/mol. The highest BCUT2D eigenvalue weighted by Crippen LogP contribution is 2.17. The number of halogens is 3. The number of rotatable bonds is 2. The number of carbonyl (C=O) groups excluding carboxylic acids is 1. The number of anilines is 1. The van der Waals surface area contributed by atoms with Crippen LogP contribution >= 0.6 is 0 Å². The molecule has 1 atom stereocenters. The Bertz CT molecular complexity index is 445. The Hall–Kier alpha value is -2.03. The number of benzene rings is 1. The first kappa shape index (κ1) is 12.0. The van der Waals surface area contributed by atoms with Gasteiger partial charge in [0, 0.05) is 17.8 Å². The normalized spacial score (nSPS) is 11.7. The third-order valence-corrected chi connectivity index (χ3v) is 1.84. The number of amides is 1. The van der Waals surface area contributed by atoms with Crippen molar-refractivity contribution in [3.8, 4) is 6.07 Å². The average molecular weight is 228 g/mol. The molecule has 1 rings (SSSR count). The maximum Gasteiger partial charge on any atom is 0.241 e. The van der Waals surface area contributed by atoms with E-state index in [1.807, 2.05) is 0 Å². The van der Waals surface area contributed by atoms with Crippen molar-refractivity contribution in [2.75, 3.05) is 5.32 Å². The summed E-state index contributed by atoms with van der Waals surface area (Å²) in [6.45, 7) is 1.32. The second-order valence-electron chi connectivity index (χ2n) is 3.09. The zero-order chi connectivity index (χ0) is 12.3. The van der Waals surface area contributed by atoms with Crippen molar-refractivity contribution in [2.24, 2.45) is 5.92 Å². The summed E-state index contributed by atoms with van der Waals surface area (Å²) in [5, 5.41) is 10.5. The Morgan fingerprint density at radius 2 is 1.88 bits per heavy atom. The van der Waals surface area contributed by atoms with E-state index < -0.39 is 29.3 Å². The third kappa shape index (κ3) is 2.51. The molecule has 1 N–H and O–H groups in total. The Morgan fingerprint density at radius 1 is 1.38 bits per heavy atom. The van der Waals surface area contributed by atoms with Crippen molar-refractivity contribution >= 4 is 11.6 Å². The SMILES string of the molecule is CC(C#N)C(=O)Nc1cc(F)c(F)c(F)c1. The molecule has 0 heterocycles. The minimum absolute atomic E-state index is 0.233. The number of nitrogens with zero attached hydrogens (tertiary/aromatic N) is 1. The molecule has 84 valence electrons. The van der Waals surface area contributed by atoms with Gasteiger partial charge >= 0.3 is 0 Å². The maximum absolute atomic E-state index is 12.7.